The fourth-order valence-corrected chi connectivity index (χ4v) is 2.64. The lowest BCUT2D eigenvalue weighted by Gasteiger charge is -2.16. The van der Waals surface area contributed by atoms with E-state index in [1.165, 1.54) is 5.56 Å². The van der Waals surface area contributed by atoms with Gasteiger partial charge in [-0.05, 0) is 49.7 Å². The number of hydrogen-bond acceptors (Lipinski definition) is 4. The van der Waals surface area contributed by atoms with Crippen molar-refractivity contribution in [1.29, 1.82) is 0 Å². The topological polar surface area (TPSA) is 70.7 Å². The maximum absolute atomic E-state index is 12.1. The summed E-state index contributed by atoms with van der Waals surface area (Å²) in [7, 11) is 3.34. The van der Waals surface area contributed by atoms with Crippen molar-refractivity contribution in [3.05, 3.63) is 60.2 Å². The van der Waals surface area contributed by atoms with E-state index in [1.807, 2.05) is 18.2 Å². The first-order valence-corrected chi connectivity index (χ1v) is 9.00. The highest BCUT2D eigenvalue weighted by Crippen LogP contribution is 2.14. The van der Waals surface area contributed by atoms with Gasteiger partial charge in [-0.25, -0.2) is 0 Å². The summed E-state index contributed by atoms with van der Waals surface area (Å²) in [5.74, 6) is 0.483. The Hall–Kier alpha value is -2.86. The fourth-order valence-electron chi connectivity index (χ4n) is 2.64. The normalized spacial score (nSPS) is 10.5. The lowest BCUT2D eigenvalue weighted by molar-refractivity contribution is -0.122. The lowest BCUT2D eigenvalue weighted by Crippen LogP contribution is -2.39. The molecule has 2 aromatic rings. The van der Waals surface area contributed by atoms with Gasteiger partial charge in [0.15, 0.2) is 0 Å². The number of amides is 2. The van der Waals surface area contributed by atoms with Gasteiger partial charge < -0.3 is 15.4 Å². The molecule has 0 aliphatic heterocycles. The number of ether oxygens (including phenoxy) is 1. The third-order valence-corrected chi connectivity index (χ3v) is 4.01. The van der Waals surface area contributed by atoms with Crippen molar-refractivity contribution in [1.82, 2.24) is 10.2 Å². The standard InChI is InChI=1S/C21H27N3O3/c1-24(16-21(26)23-18-10-12-19(27-2)13-11-18)15-20(25)22-14-6-9-17-7-4-3-5-8-17/h3-5,7-8,10-13H,6,9,14-16H2,1-2H3,(H,22,25)(H,23,26). The minimum absolute atomic E-state index is 0.0807. The Bertz CT molecular complexity index is 717. The number of aryl methyl sites for hydroxylation is 1. The van der Waals surface area contributed by atoms with Gasteiger partial charge in [-0.15, -0.1) is 0 Å². The van der Waals surface area contributed by atoms with Crippen LogP contribution in [0, 0.1) is 0 Å². The van der Waals surface area contributed by atoms with E-state index >= 15 is 0 Å². The maximum Gasteiger partial charge on any atom is 0.238 e. The Morgan fingerprint density at radius 3 is 2.30 bits per heavy atom. The third-order valence-electron chi connectivity index (χ3n) is 4.01. The van der Waals surface area contributed by atoms with Crippen LogP contribution in [0.1, 0.15) is 12.0 Å². The first-order valence-electron chi connectivity index (χ1n) is 9.00. The average Bonchev–Trinajstić information content (AvgIpc) is 2.66. The van der Waals surface area contributed by atoms with E-state index in [0.29, 0.717) is 12.2 Å². The van der Waals surface area contributed by atoms with Crippen LogP contribution in [0.15, 0.2) is 54.6 Å². The van der Waals surface area contributed by atoms with Crippen molar-refractivity contribution in [2.24, 2.45) is 0 Å². The number of methoxy groups -OCH3 is 1. The number of nitrogens with one attached hydrogen (secondary N) is 2. The monoisotopic (exact) mass is 369 g/mol. The SMILES string of the molecule is COc1ccc(NC(=O)CN(C)CC(=O)NCCCc2ccccc2)cc1. The van der Waals surface area contributed by atoms with E-state index in [4.69, 9.17) is 4.74 Å². The number of carbonyl (C=O) groups excluding carboxylic acids is 2. The second kappa shape index (κ2) is 11.0. The van der Waals surface area contributed by atoms with Crippen molar-refractivity contribution in [3.8, 4) is 5.75 Å². The minimum atomic E-state index is -0.167. The van der Waals surface area contributed by atoms with Gasteiger partial charge in [-0.2, -0.15) is 0 Å². The highest BCUT2D eigenvalue weighted by molar-refractivity contribution is 5.92. The van der Waals surface area contributed by atoms with Crippen LogP contribution in [0.3, 0.4) is 0 Å². The molecule has 2 aromatic carbocycles. The number of rotatable bonds is 10. The maximum atomic E-state index is 12.1. The van der Waals surface area contributed by atoms with Gasteiger partial charge in [0.05, 0.1) is 20.2 Å². The van der Waals surface area contributed by atoms with E-state index in [1.54, 1.807) is 43.3 Å². The molecule has 2 amide bonds. The third kappa shape index (κ3) is 7.92. The molecular weight excluding hydrogens is 342 g/mol. The molecule has 0 saturated carbocycles. The van der Waals surface area contributed by atoms with Crippen molar-refractivity contribution in [2.45, 2.75) is 12.8 Å². The second-order valence-corrected chi connectivity index (χ2v) is 6.39. The van der Waals surface area contributed by atoms with Crippen LogP contribution in [-0.4, -0.2) is 50.5 Å². The van der Waals surface area contributed by atoms with Crippen LogP contribution in [0.25, 0.3) is 0 Å². The highest BCUT2D eigenvalue weighted by atomic mass is 16.5. The van der Waals surface area contributed by atoms with Crippen molar-refractivity contribution >= 4 is 17.5 Å². The molecule has 0 heterocycles. The van der Waals surface area contributed by atoms with E-state index in [2.05, 4.69) is 22.8 Å². The first kappa shape index (κ1) is 20.5. The van der Waals surface area contributed by atoms with E-state index < -0.39 is 0 Å². The molecule has 0 bridgehead atoms. The first-order chi connectivity index (χ1) is 13.1. The Morgan fingerprint density at radius 1 is 0.963 bits per heavy atom. The summed E-state index contributed by atoms with van der Waals surface area (Å²) < 4.78 is 5.08. The lowest BCUT2D eigenvalue weighted by atomic mass is 10.1. The molecule has 0 aliphatic rings. The quantitative estimate of drug-likeness (QED) is 0.631. The average molecular weight is 369 g/mol. The Labute approximate surface area is 160 Å². The largest absolute Gasteiger partial charge is 0.497 e. The number of carbonyl (C=O) groups is 2. The Kier molecular flexibility index (Phi) is 8.32. The highest BCUT2D eigenvalue weighted by Gasteiger charge is 2.10. The summed E-state index contributed by atoms with van der Waals surface area (Å²) in [5.41, 5.74) is 1.96. The molecular formula is C21H27N3O3. The minimum Gasteiger partial charge on any atom is -0.497 e. The van der Waals surface area contributed by atoms with Gasteiger partial charge >= 0.3 is 0 Å². The van der Waals surface area contributed by atoms with Crippen LogP contribution >= 0.6 is 0 Å². The summed E-state index contributed by atoms with van der Waals surface area (Å²) in [6, 6.07) is 17.3. The van der Waals surface area contributed by atoms with Crippen LogP contribution in [0.4, 0.5) is 5.69 Å². The number of benzene rings is 2. The summed E-state index contributed by atoms with van der Waals surface area (Å²) in [5, 5.41) is 5.69. The van der Waals surface area contributed by atoms with Gasteiger partial charge in [0.1, 0.15) is 5.75 Å². The molecule has 2 rings (SSSR count). The van der Waals surface area contributed by atoms with Gasteiger partial charge in [-0.1, -0.05) is 30.3 Å². The molecule has 0 radical (unpaired) electrons. The summed E-state index contributed by atoms with van der Waals surface area (Å²) in [6.45, 7) is 0.949. The van der Waals surface area contributed by atoms with E-state index in [-0.39, 0.29) is 24.9 Å². The second-order valence-electron chi connectivity index (χ2n) is 6.39. The molecule has 0 fully saturated rings. The predicted octanol–water partition coefficient (Wildman–Crippen LogP) is 2.31. The van der Waals surface area contributed by atoms with Crippen molar-refractivity contribution in [3.63, 3.8) is 0 Å². The number of anilines is 1. The summed E-state index contributed by atoms with van der Waals surface area (Å²) >= 11 is 0. The van der Waals surface area contributed by atoms with Crippen molar-refractivity contribution < 1.29 is 14.3 Å². The molecule has 0 atom stereocenters. The smallest absolute Gasteiger partial charge is 0.238 e. The predicted molar refractivity (Wildman–Crippen MR) is 107 cm³/mol. The molecule has 2 N–H and O–H groups in total. The zero-order valence-electron chi connectivity index (χ0n) is 15.9. The molecule has 27 heavy (non-hydrogen) atoms. The van der Waals surface area contributed by atoms with Gasteiger partial charge in [0, 0.05) is 12.2 Å². The molecule has 0 unspecified atom stereocenters. The molecule has 6 nitrogen and oxygen atoms in total. The zero-order chi connectivity index (χ0) is 19.5. The van der Waals surface area contributed by atoms with E-state index in [0.717, 1.165) is 18.6 Å². The number of hydrogen-bond donors (Lipinski definition) is 2. The molecule has 6 heteroatoms. The fraction of sp³-hybridized carbons (Fsp3) is 0.333. The number of likely N-dealkylation sites (N-methyl/N-ethyl adjacent to an activating group) is 1. The molecule has 0 spiro atoms. The molecule has 0 saturated heterocycles. The van der Waals surface area contributed by atoms with Crippen LogP contribution in [0.5, 0.6) is 5.75 Å². The molecule has 0 aromatic heterocycles. The Balaban J connectivity index is 1.62. The van der Waals surface area contributed by atoms with Crippen molar-refractivity contribution in [2.75, 3.05) is 39.1 Å². The molecule has 0 aliphatic carbocycles. The van der Waals surface area contributed by atoms with Gasteiger partial charge in [-0.3, -0.25) is 14.5 Å². The van der Waals surface area contributed by atoms with Gasteiger partial charge in [0.25, 0.3) is 0 Å². The zero-order valence-corrected chi connectivity index (χ0v) is 15.9. The van der Waals surface area contributed by atoms with Crippen LogP contribution < -0.4 is 15.4 Å². The van der Waals surface area contributed by atoms with Crippen LogP contribution in [0.2, 0.25) is 0 Å². The Morgan fingerprint density at radius 2 is 1.63 bits per heavy atom. The van der Waals surface area contributed by atoms with E-state index in [9.17, 15) is 9.59 Å². The van der Waals surface area contributed by atoms with Gasteiger partial charge in [0.2, 0.25) is 11.8 Å². The summed E-state index contributed by atoms with van der Waals surface area (Å²) in [6.07, 6.45) is 1.82. The number of nitrogens with zero attached hydrogens (tertiary/aromatic N) is 1. The molecule has 144 valence electrons. The van der Waals surface area contributed by atoms with Crippen LogP contribution in [-0.2, 0) is 16.0 Å². The summed E-state index contributed by atoms with van der Waals surface area (Å²) in [4.78, 5) is 25.7.